The number of rotatable bonds is 1. The van der Waals surface area contributed by atoms with E-state index in [9.17, 15) is 9.59 Å². The molecule has 120 valence electrons. The van der Waals surface area contributed by atoms with Gasteiger partial charge in [-0.25, -0.2) is 4.79 Å². The maximum Gasteiger partial charge on any atom is 0.332 e. The fourth-order valence-corrected chi connectivity index (χ4v) is 3.13. The summed E-state index contributed by atoms with van der Waals surface area (Å²) in [6, 6.07) is 0. The van der Waals surface area contributed by atoms with Crippen molar-refractivity contribution >= 4 is 17.1 Å². The van der Waals surface area contributed by atoms with E-state index in [-0.39, 0.29) is 23.5 Å². The first-order chi connectivity index (χ1) is 10.3. The minimum Gasteiger partial charge on any atom is -0.372 e. The number of fused-ring (bicyclic) bond motifs is 1. The largest absolute Gasteiger partial charge is 0.372 e. The van der Waals surface area contributed by atoms with Crippen molar-refractivity contribution in [1.29, 1.82) is 0 Å². The van der Waals surface area contributed by atoms with E-state index < -0.39 is 0 Å². The van der Waals surface area contributed by atoms with Crippen molar-refractivity contribution in [2.45, 2.75) is 26.1 Å². The highest BCUT2D eigenvalue weighted by Gasteiger charge is 2.27. The molecule has 1 aliphatic heterocycles. The second-order valence-corrected chi connectivity index (χ2v) is 6.01. The summed E-state index contributed by atoms with van der Waals surface area (Å²) in [7, 11) is 4.92. The number of nitrogens with zero attached hydrogens (tertiary/aromatic N) is 5. The van der Waals surface area contributed by atoms with Crippen LogP contribution in [0.3, 0.4) is 0 Å². The normalized spacial score (nSPS) is 22.5. The van der Waals surface area contributed by atoms with Gasteiger partial charge in [-0.1, -0.05) is 0 Å². The molecule has 0 bridgehead atoms. The van der Waals surface area contributed by atoms with Crippen molar-refractivity contribution in [3.8, 4) is 0 Å². The Labute approximate surface area is 127 Å². The molecule has 0 aliphatic carbocycles. The van der Waals surface area contributed by atoms with E-state index in [0.717, 1.165) is 4.57 Å². The van der Waals surface area contributed by atoms with Crippen LogP contribution in [0.5, 0.6) is 0 Å². The number of hydrogen-bond acceptors (Lipinski definition) is 5. The molecule has 2 aromatic heterocycles. The summed E-state index contributed by atoms with van der Waals surface area (Å²) in [6.45, 7) is 5.44. The predicted molar refractivity (Wildman–Crippen MR) is 83.4 cm³/mol. The Morgan fingerprint density at radius 3 is 2.18 bits per heavy atom. The quantitative estimate of drug-likeness (QED) is 0.716. The van der Waals surface area contributed by atoms with Gasteiger partial charge in [-0.3, -0.25) is 13.9 Å². The van der Waals surface area contributed by atoms with E-state index in [1.807, 2.05) is 13.8 Å². The molecule has 0 amide bonds. The lowest BCUT2D eigenvalue weighted by Gasteiger charge is -2.35. The molecule has 3 heterocycles. The summed E-state index contributed by atoms with van der Waals surface area (Å²) in [5.74, 6) is 0.690. The van der Waals surface area contributed by atoms with Gasteiger partial charge in [0.2, 0.25) is 5.95 Å². The smallest absolute Gasteiger partial charge is 0.332 e. The summed E-state index contributed by atoms with van der Waals surface area (Å²) >= 11 is 0. The number of aryl methyl sites for hydroxylation is 2. The molecule has 8 nitrogen and oxygen atoms in total. The molecule has 2 aromatic rings. The van der Waals surface area contributed by atoms with E-state index in [0.29, 0.717) is 30.2 Å². The van der Waals surface area contributed by atoms with Crippen LogP contribution in [0.15, 0.2) is 9.59 Å². The summed E-state index contributed by atoms with van der Waals surface area (Å²) in [6.07, 6.45) is 0.186. The first-order valence-corrected chi connectivity index (χ1v) is 7.34. The van der Waals surface area contributed by atoms with Crippen molar-refractivity contribution in [1.82, 2.24) is 18.7 Å². The third kappa shape index (κ3) is 2.06. The van der Waals surface area contributed by atoms with Gasteiger partial charge in [0.15, 0.2) is 11.2 Å². The maximum atomic E-state index is 12.4. The van der Waals surface area contributed by atoms with E-state index >= 15 is 0 Å². The highest BCUT2D eigenvalue weighted by molar-refractivity contribution is 5.74. The molecule has 1 saturated heterocycles. The minimum atomic E-state index is -0.370. The van der Waals surface area contributed by atoms with Crippen molar-refractivity contribution in [2.24, 2.45) is 21.1 Å². The maximum absolute atomic E-state index is 12.4. The molecular weight excluding hydrogens is 286 g/mol. The number of hydrogen-bond donors (Lipinski definition) is 0. The lowest BCUT2D eigenvalue weighted by Crippen LogP contribution is -2.46. The summed E-state index contributed by atoms with van der Waals surface area (Å²) in [5, 5.41) is 0. The molecule has 0 aromatic carbocycles. The summed E-state index contributed by atoms with van der Waals surface area (Å²) in [4.78, 5) is 31.1. The predicted octanol–water partition coefficient (Wildman–Crippen LogP) is -0.416. The second-order valence-electron chi connectivity index (χ2n) is 6.01. The third-order valence-corrected chi connectivity index (χ3v) is 4.15. The van der Waals surface area contributed by atoms with Crippen molar-refractivity contribution in [3.63, 3.8) is 0 Å². The third-order valence-electron chi connectivity index (χ3n) is 4.15. The van der Waals surface area contributed by atoms with E-state index in [2.05, 4.69) is 9.88 Å². The Balaban J connectivity index is 2.23. The van der Waals surface area contributed by atoms with Gasteiger partial charge in [0.1, 0.15) is 0 Å². The van der Waals surface area contributed by atoms with Crippen LogP contribution in [0.2, 0.25) is 0 Å². The molecule has 0 radical (unpaired) electrons. The minimum absolute atomic E-state index is 0.0928. The molecule has 1 fully saturated rings. The summed E-state index contributed by atoms with van der Waals surface area (Å²) < 4.78 is 10.0. The van der Waals surface area contributed by atoms with Crippen LogP contribution in [-0.2, 0) is 25.9 Å². The van der Waals surface area contributed by atoms with E-state index in [1.54, 1.807) is 18.7 Å². The number of morpholine rings is 1. The van der Waals surface area contributed by atoms with Crippen LogP contribution >= 0.6 is 0 Å². The highest BCUT2D eigenvalue weighted by atomic mass is 16.5. The Morgan fingerprint density at radius 2 is 1.59 bits per heavy atom. The van der Waals surface area contributed by atoms with Gasteiger partial charge >= 0.3 is 5.69 Å². The number of anilines is 1. The molecule has 22 heavy (non-hydrogen) atoms. The zero-order chi connectivity index (χ0) is 16.2. The average molecular weight is 307 g/mol. The van der Waals surface area contributed by atoms with Crippen molar-refractivity contribution in [2.75, 3.05) is 18.0 Å². The lowest BCUT2D eigenvalue weighted by atomic mass is 10.2. The number of imidazole rings is 1. The Morgan fingerprint density at radius 1 is 1.00 bits per heavy atom. The number of aromatic nitrogens is 4. The number of ether oxygens (including phenoxy) is 1. The van der Waals surface area contributed by atoms with E-state index in [4.69, 9.17) is 4.74 Å². The van der Waals surface area contributed by atoms with Gasteiger partial charge in [-0.2, -0.15) is 4.98 Å². The first kappa shape index (κ1) is 14.8. The Hall–Kier alpha value is -2.09. The molecule has 0 N–H and O–H groups in total. The second kappa shape index (κ2) is 4.98. The van der Waals surface area contributed by atoms with Crippen LogP contribution in [0.25, 0.3) is 11.2 Å². The van der Waals surface area contributed by atoms with Crippen LogP contribution < -0.4 is 16.1 Å². The zero-order valence-corrected chi connectivity index (χ0v) is 13.5. The molecule has 8 heteroatoms. The fraction of sp³-hybridized carbons (Fsp3) is 0.643. The molecule has 0 unspecified atom stereocenters. The van der Waals surface area contributed by atoms with Crippen molar-refractivity contribution in [3.05, 3.63) is 20.8 Å². The molecule has 1 aliphatic rings. The fourth-order valence-electron chi connectivity index (χ4n) is 3.13. The van der Waals surface area contributed by atoms with Gasteiger partial charge in [0.25, 0.3) is 5.56 Å². The standard InChI is InChI=1S/C14H21N5O3/c1-8-6-19(7-9(2)22-8)13-15-11-10(16(13)3)12(20)18(5)14(21)17(11)4/h8-9H,6-7H2,1-5H3/t8-,9+. The van der Waals surface area contributed by atoms with Crippen LogP contribution in [0, 0.1) is 0 Å². The molecule has 0 spiro atoms. The zero-order valence-electron chi connectivity index (χ0n) is 13.5. The highest BCUT2D eigenvalue weighted by Crippen LogP contribution is 2.21. The van der Waals surface area contributed by atoms with Crippen LogP contribution in [-0.4, -0.2) is 44.0 Å². The Kier molecular flexibility index (Phi) is 3.36. The molecule has 0 saturated carbocycles. The van der Waals surface area contributed by atoms with Crippen LogP contribution in [0.4, 0.5) is 5.95 Å². The van der Waals surface area contributed by atoms with Gasteiger partial charge in [-0.15, -0.1) is 0 Å². The monoisotopic (exact) mass is 307 g/mol. The lowest BCUT2D eigenvalue weighted by molar-refractivity contribution is -0.00583. The van der Waals surface area contributed by atoms with Gasteiger partial charge in [0, 0.05) is 34.2 Å². The topological polar surface area (TPSA) is 74.3 Å². The average Bonchev–Trinajstić information content (AvgIpc) is 2.79. The van der Waals surface area contributed by atoms with Gasteiger partial charge in [-0.05, 0) is 13.8 Å². The molecule has 2 atom stereocenters. The van der Waals surface area contributed by atoms with Crippen molar-refractivity contribution < 1.29 is 4.74 Å². The Bertz CT molecular complexity index is 837. The molecular formula is C14H21N5O3. The summed E-state index contributed by atoms with van der Waals surface area (Å²) in [5.41, 5.74) is 0.156. The first-order valence-electron chi connectivity index (χ1n) is 7.34. The van der Waals surface area contributed by atoms with E-state index in [1.165, 1.54) is 11.6 Å². The van der Waals surface area contributed by atoms with Crippen LogP contribution in [0.1, 0.15) is 13.8 Å². The van der Waals surface area contributed by atoms with Gasteiger partial charge < -0.3 is 14.2 Å². The van der Waals surface area contributed by atoms with Gasteiger partial charge in [0.05, 0.1) is 12.2 Å². The molecule has 3 rings (SSSR count). The SMILES string of the molecule is C[C@@H]1CN(c2nc3c(c(=O)n(C)c(=O)n3C)n2C)C[C@H](C)O1.